The number of carbonyl (C=O) groups is 2. The van der Waals surface area contributed by atoms with Crippen LogP contribution in [0.15, 0.2) is 18.2 Å². The summed E-state index contributed by atoms with van der Waals surface area (Å²) in [5.74, 6) is 0.316. The third-order valence-electron chi connectivity index (χ3n) is 3.69. The fourth-order valence-electron chi connectivity index (χ4n) is 2.43. The summed E-state index contributed by atoms with van der Waals surface area (Å²) < 4.78 is 0. The summed E-state index contributed by atoms with van der Waals surface area (Å²) in [6.07, 6.45) is 0.404. The first kappa shape index (κ1) is 19.2. The molecule has 7 heteroatoms. The van der Waals surface area contributed by atoms with Gasteiger partial charge < -0.3 is 10.6 Å². The van der Waals surface area contributed by atoms with Crippen LogP contribution in [0, 0.1) is 18.8 Å². The largest absolute Gasteiger partial charge is 0.344 e. The first-order valence-electron chi connectivity index (χ1n) is 8.48. The Kier molecular flexibility index (Phi) is 6.36. The predicted molar refractivity (Wildman–Crippen MR) is 101 cm³/mol. The molecule has 0 bridgehead atoms. The molecule has 2 heterocycles. The molecule has 2 rings (SSSR count). The van der Waals surface area contributed by atoms with Gasteiger partial charge in [0.15, 0.2) is 5.82 Å². The fourth-order valence-corrected chi connectivity index (χ4v) is 3.27. The number of carbonyl (C=O) groups excluding carboxylic acids is 2. The van der Waals surface area contributed by atoms with Gasteiger partial charge in [0.25, 0.3) is 0 Å². The van der Waals surface area contributed by atoms with Crippen molar-refractivity contribution in [3.63, 3.8) is 0 Å². The van der Waals surface area contributed by atoms with Gasteiger partial charge in [-0.15, -0.1) is 11.3 Å². The maximum Gasteiger partial charge on any atom is 0.248 e. The Bertz CT molecular complexity index is 733. The van der Waals surface area contributed by atoms with Crippen molar-refractivity contribution in [1.82, 2.24) is 15.5 Å². The van der Waals surface area contributed by atoms with Crippen LogP contribution in [0.2, 0.25) is 0 Å². The molecule has 0 radical (unpaired) electrons. The monoisotopic (exact) mass is 362 g/mol. The lowest BCUT2D eigenvalue weighted by molar-refractivity contribution is -0.127. The molecule has 0 aliphatic heterocycles. The summed E-state index contributed by atoms with van der Waals surface area (Å²) >= 11 is 1.66. The predicted octanol–water partition coefficient (Wildman–Crippen LogP) is 3.57. The van der Waals surface area contributed by atoms with E-state index >= 15 is 0 Å². The summed E-state index contributed by atoms with van der Waals surface area (Å²) in [5.41, 5.74) is 0.860. The van der Waals surface area contributed by atoms with Crippen LogP contribution in [-0.4, -0.2) is 28.1 Å². The smallest absolute Gasteiger partial charge is 0.248 e. The molecule has 0 aromatic carbocycles. The number of hydrogen-bond acceptors (Lipinski definition) is 4. The SMILES string of the molecule is Cc1ccc(-c2cc(NC(=O)C(NC(=O)CC(C)C)C(C)C)n[nH]2)s1. The quantitative estimate of drug-likeness (QED) is 0.704. The molecule has 136 valence electrons. The van der Waals surface area contributed by atoms with Crippen molar-refractivity contribution in [2.75, 3.05) is 5.32 Å². The summed E-state index contributed by atoms with van der Waals surface area (Å²) in [4.78, 5) is 26.8. The lowest BCUT2D eigenvalue weighted by atomic mass is 10.0. The van der Waals surface area contributed by atoms with Gasteiger partial charge in [-0.1, -0.05) is 27.7 Å². The van der Waals surface area contributed by atoms with Gasteiger partial charge in [0.1, 0.15) is 6.04 Å². The van der Waals surface area contributed by atoms with Crippen LogP contribution in [0.3, 0.4) is 0 Å². The third kappa shape index (κ3) is 5.42. The molecule has 6 nitrogen and oxygen atoms in total. The van der Waals surface area contributed by atoms with Gasteiger partial charge in [0.2, 0.25) is 11.8 Å². The number of hydrogen-bond donors (Lipinski definition) is 3. The number of anilines is 1. The van der Waals surface area contributed by atoms with Crippen LogP contribution in [-0.2, 0) is 9.59 Å². The maximum absolute atomic E-state index is 12.5. The van der Waals surface area contributed by atoms with E-state index < -0.39 is 6.04 Å². The zero-order chi connectivity index (χ0) is 18.6. The molecule has 25 heavy (non-hydrogen) atoms. The molecule has 0 fully saturated rings. The van der Waals surface area contributed by atoms with Crippen molar-refractivity contribution in [3.8, 4) is 10.6 Å². The fraction of sp³-hybridized carbons (Fsp3) is 0.500. The summed E-state index contributed by atoms with van der Waals surface area (Å²) in [6.45, 7) is 9.80. The highest BCUT2D eigenvalue weighted by molar-refractivity contribution is 7.15. The van der Waals surface area contributed by atoms with Crippen molar-refractivity contribution < 1.29 is 9.59 Å². The molecule has 0 spiro atoms. The molecule has 3 N–H and O–H groups in total. The van der Waals surface area contributed by atoms with Crippen LogP contribution in [0.5, 0.6) is 0 Å². The van der Waals surface area contributed by atoms with Crippen molar-refractivity contribution in [2.45, 2.75) is 47.1 Å². The molecule has 0 aliphatic carbocycles. The summed E-state index contributed by atoms with van der Waals surface area (Å²) in [7, 11) is 0. The van der Waals surface area contributed by atoms with E-state index in [1.807, 2.05) is 46.8 Å². The molecule has 2 aromatic heterocycles. The molecule has 0 aliphatic rings. The first-order valence-corrected chi connectivity index (χ1v) is 9.30. The van der Waals surface area contributed by atoms with Crippen molar-refractivity contribution in [1.29, 1.82) is 0 Å². The average molecular weight is 362 g/mol. The second kappa shape index (κ2) is 8.29. The second-order valence-corrected chi connectivity index (χ2v) is 8.24. The third-order valence-corrected chi connectivity index (χ3v) is 4.73. The van der Waals surface area contributed by atoms with Gasteiger partial charge in [-0.25, -0.2) is 0 Å². The zero-order valence-electron chi connectivity index (χ0n) is 15.3. The maximum atomic E-state index is 12.5. The Labute approximate surface area is 152 Å². The Hall–Kier alpha value is -2.15. The van der Waals surface area contributed by atoms with Crippen molar-refractivity contribution >= 4 is 29.0 Å². The van der Waals surface area contributed by atoms with E-state index in [0.29, 0.717) is 12.2 Å². The molecular weight excluding hydrogens is 336 g/mol. The highest BCUT2D eigenvalue weighted by Gasteiger charge is 2.25. The standard InChI is InChI=1S/C18H26N4O2S/c1-10(2)8-16(23)20-17(11(3)4)18(24)19-15-9-13(21-22-15)14-7-6-12(5)25-14/h6-7,9-11,17H,8H2,1-5H3,(H,20,23)(H2,19,21,22,24). The van der Waals surface area contributed by atoms with Crippen LogP contribution in [0.1, 0.15) is 39.0 Å². The lowest BCUT2D eigenvalue weighted by Gasteiger charge is -2.21. The molecular formula is C18H26N4O2S. The van der Waals surface area contributed by atoms with Gasteiger partial charge in [0.05, 0.1) is 10.6 Å². The lowest BCUT2D eigenvalue weighted by Crippen LogP contribution is -2.47. The number of H-pyrrole nitrogens is 1. The number of aryl methyl sites for hydroxylation is 1. The minimum Gasteiger partial charge on any atom is -0.344 e. The molecule has 0 saturated heterocycles. The molecule has 0 saturated carbocycles. The minimum atomic E-state index is -0.588. The Morgan fingerprint density at radius 3 is 2.52 bits per heavy atom. The highest BCUT2D eigenvalue weighted by Crippen LogP contribution is 2.27. The van der Waals surface area contributed by atoms with E-state index in [4.69, 9.17) is 0 Å². The number of amides is 2. The summed E-state index contributed by atoms with van der Waals surface area (Å²) in [6, 6.07) is 5.27. The normalized spacial score (nSPS) is 12.4. The average Bonchev–Trinajstić information content (AvgIpc) is 3.12. The highest BCUT2D eigenvalue weighted by atomic mass is 32.1. The summed E-state index contributed by atoms with van der Waals surface area (Å²) in [5, 5.41) is 12.7. The molecule has 2 amide bonds. The van der Waals surface area contributed by atoms with Crippen LogP contribution < -0.4 is 10.6 Å². The topological polar surface area (TPSA) is 86.9 Å². The van der Waals surface area contributed by atoms with Crippen molar-refractivity contribution in [3.05, 3.63) is 23.1 Å². The van der Waals surface area contributed by atoms with Gasteiger partial charge >= 0.3 is 0 Å². The van der Waals surface area contributed by atoms with Crippen LogP contribution in [0.25, 0.3) is 10.6 Å². The van der Waals surface area contributed by atoms with Crippen LogP contribution >= 0.6 is 11.3 Å². The van der Waals surface area contributed by atoms with E-state index in [2.05, 4.69) is 20.8 Å². The van der Waals surface area contributed by atoms with Crippen LogP contribution in [0.4, 0.5) is 5.82 Å². The van der Waals surface area contributed by atoms with Gasteiger partial charge in [-0.2, -0.15) is 5.10 Å². The zero-order valence-corrected chi connectivity index (χ0v) is 16.2. The first-order chi connectivity index (χ1) is 11.8. The van der Waals surface area contributed by atoms with E-state index in [1.165, 1.54) is 4.88 Å². The molecule has 1 atom stereocenters. The molecule has 1 unspecified atom stereocenters. The number of thiophene rings is 1. The second-order valence-electron chi connectivity index (χ2n) is 6.95. The van der Waals surface area contributed by atoms with E-state index in [-0.39, 0.29) is 23.7 Å². The Balaban J connectivity index is 2.03. The number of rotatable bonds is 7. The van der Waals surface area contributed by atoms with Gasteiger partial charge in [-0.3, -0.25) is 14.7 Å². The van der Waals surface area contributed by atoms with E-state index in [0.717, 1.165) is 10.6 Å². The van der Waals surface area contributed by atoms with E-state index in [1.54, 1.807) is 17.4 Å². The van der Waals surface area contributed by atoms with E-state index in [9.17, 15) is 9.59 Å². The van der Waals surface area contributed by atoms with Gasteiger partial charge in [-0.05, 0) is 30.9 Å². The van der Waals surface area contributed by atoms with Crippen molar-refractivity contribution in [2.24, 2.45) is 11.8 Å². The van der Waals surface area contributed by atoms with Gasteiger partial charge in [0, 0.05) is 17.4 Å². The number of nitrogens with zero attached hydrogens (tertiary/aromatic N) is 1. The minimum absolute atomic E-state index is 0.0190. The number of aromatic amines is 1. The molecule has 2 aromatic rings. The Morgan fingerprint density at radius 2 is 1.96 bits per heavy atom. The number of aromatic nitrogens is 2. The Morgan fingerprint density at radius 1 is 1.24 bits per heavy atom. The number of nitrogens with one attached hydrogen (secondary N) is 3.